The second kappa shape index (κ2) is 6.41. The van der Waals surface area contributed by atoms with Crippen LogP contribution in [0.4, 0.5) is 0 Å². The Kier molecular flexibility index (Phi) is 4.60. The summed E-state index contributed by atoms with van der Waals surface area (Å²) in [7, 11) is 0. The molecule has 0 fully saturated rings. The molecule has 2 aromatic rings. The number of para-hydroxylation sites is 1. The predicted molar refractivity (Wildman–Crippen MR) is 78.9 cm³/mol. The maximum atomic E-state index is 11.9. The molecule has 0 bridgehead atoms. The highest BCUT2D eigenvalue weighted by atomic mass is 35.5. The van der Waals surface area contributed by atoms with Crippen LogP contribution in [0.15, 0.2) is 42.5 Å². The zero-order chi connectivity index (χ0) is 15.4. The maximum Gasteiger partial charge on any atom is 0.342 e. The summed E-state index contributed by atoms with van der Waals surface area (Å²) in [6.45, 7) is 1.23. The summed E-state index contributed by atoms with van der Waals surface area (Å²) in [6.07, 6.45) is 0. The van der Waals surface area contributed by atoms with Crippen molar-refractivity contribution in [3.05, 3.63) is 64.2 Å². The number of halogens is 1. The molecule has 0 unspecified atom stereocenters. The average Bonchev–Trinajstić information content (AvgIpc) is 2.47. The summed E-state index contributed by atoms with van der Waals surface area (Å²) in [5.74, 6) is -1.30. The first-order valence-electron chi connectivity index (χ1n) is 6.24. The van der Waals surface area contributed by atoms with Gasteiger partial charge in [0.1, 0.15) is 11.3 Å². The summed E-state index contributed by atoms with van der Waals surface area (Å²) in [5.41, 5.74) is 0.879. The third-order valence-corrected chi connectivity index (χ3v) is 3.30. The standard InChI is InChI=1S/C16H13ClO4/c1-10-5-4-7-12(15(10)19)16(20)21-9-14(18)11-6-2-3-8-13(11)17/h2-8,19H,9H2,1H3. The van der Waals surface area contributed by atoms with E-state index < -0.39 is 18.4 Å². The Morgan fingerprint density at radius 1 is 1.10 bits per heavy atom. The van der Waals surface area contributed by atoms with Gasteiger partial charge in [-0.1, -0.05) is 35.9 Å². The molecule has 0 saturated carbocycles. The van der Waals surface area contributed by atoms with Crippen LogP contribution >= 0.6 is 11.6 Å². The normalized spacial score (nSPS) is 10.2. The Morgan fingerprint density at radius 2 is 1.76 bits per heavy atom. The smallest absolute Gasteiger partial charge is 0.342 e. The number of phenols is 1. The van der Waals surface area contributed by atoms with Crippen molar-refractivity contribution in [3.8, 4) is 5.75 Å². The fourth-order valence-electron chi connectivity index (χ4n) is 1.80. The molecule has 4 nitrogen and oxygen atoms in total. The molecule has 0 aliphatic rings. The van der Waals surface area contributed by atoms with Crippen LogP contribution in [0.25, 0.3) is 0 Å². The van der Waals surface area contributed by atoms with Gasteiger partial charge in [0.15, 0.2) is 6.61 Å². The van der Waals surface area contributed by atoms with Crippen molar-refractivity contribution in [2.75, 3.05) is 6.61 Å². The minimum absolute atomic E-state index is 0.0296. The highest BCUT2D eigenvalue weighted by Crippen LogP contribution is 2.22. The van der Waals surface area contributed by atoms with Crippen molar-refractivity contribution in [1.29, 1.82) is 0 Å². The van der Waals surface area contributed by atoms with Crippen LogP contribution < -0.4 is 0 Å². The number of aryl methyl sites for hydroxylation is 1. The number of Topliss-reactive ketones (excluding diaryl/α,β-unsaturated/α-hetero) is 1. The average molecular weight is 305 g/mol. The molecule has 0 amide bonds. The van der Waals surface area contributed by atoms with E-state index in [1.807, 2.05) is 0 Å². The number of esters is 1. The van der Waals surface area contributed by atoms with Crippen LogP contribution in [0.1, 0.15) is 26.3 Å². The van der Waals surface area contributed by atoms with Crippen LogP contribution in [0.2, 0.25) is 5.02 Å². The molecule has 0 aromatic heterocycles. The van der Waals surface area contributed by atoms with Gasteiger partial charge in [-0.15, -0.1) is 0 Å². The van der Waals surface area contributed by atoms with Gasteiger partial charge in [0.2, 0.25) is 5.78 Å². The Labute approximate surface area is 126 Å². The molecule has 108 valence electrons. The number of phenolic OH excluding ortho intramolecular Hbond substituents is 1. The molecule has 5 heteroatoms. The Bertz CT molecular complexity index is 694. The molecule has 2 rings (SSSR count). The van der Waals surface area contributed by atoms with E-state index >= 15 is 0 Å². The van der Waals surface area contributed by atoms with Gasteiger partial charge in [0, 0.05) is 5.56 Å². The van der Waals surface area contributed by atoms with Crippen molar-refractivity contribution < 1.29 is 19.4 Å². The summed E-state index contributed by atoms with van der Waals surface area (Å²) in [6, 6.07) is 11.3. The van der Waals surface area contributed by atoms with Crippen molar-refractivity contribution >= 4 is 23.4 Å². The number of aromatic hydroxyl groups is 1. The van der Waals surface area contributed by atoms with E-state index in [1.54, 1.807) is 43.3 Å². The van der Waals surface area contributed by atoms with Crippen LogP contribution in [0.5, 0.6) is 5.75 Å². The molecular weight excluding hydrogens is 292 g/mol. The van der Waals surface area contributed by atoms with E-state index in [-0.39, 0.29) is 11.3 Å². The van der Waals surface area contributed by atoms with Crippen molar-refractivity contribution in [2.45, 2.75) is 6.92 Å². The fourth-order valence-corrected chi connectivity index (χ4v) is 2.04. The van der Waals surface area contributed by atoms with Gasteiger partial charge in [-0.2, -0.15) is 0 Å². The minimum atomic E-state index is -0.753. The highest BCUT2D eigenvalue weighted by Gasteiger charge is 2.17. The maximum absolute atomic E-state index is 11.9. The van der Waals surface area contributed by atoms with Crippen molar-refractivity contribution in [3.63, 3.8) is 0 Å². The third kappa shape index (κ3) is 3.41. The number of hydrogen-bond acceptors (Lipinski definition) is 4. The molecular formula is C16H13ClO4. The summed E-state index contributed by atoms with van der Waals surface area (Å²) >= 11 is 5.90. The topological polar surface area (TPSA) is 63.6 Å². The third-order valence-electron chi connectivity index (χ3n) is 2.97. The number of benzene rings is 2. The van der Waals surface area contributed by atoms with E-state index in [0.717, 1.165) is 0 Å². The number of ether oxygens (including phenoxy) is 1. The molecule has 0 aliphatic carbocycles. The quantitative estimate of drug-likeness (QED) is 0.694. The molecule has 0 heterocycles. The largest absolute Gasteiger partial charge is 0.507 e. The van der Waals surface area contributed by atoms with E-state index in [4.69, 9.17) is 16.3 Å². The summed E-state index contributed by atoms with van der Waals surface area (Å²) in [5, 5.41) is 10.1. The van der Waals surface area contributed by atoms with E-state index in [9.17, 15) is 14.7 Å². The van der Waals surface area contributed by atoms with Gasteiger partial charge >= 0.3 is 5.97 Å². The first kappa shape index (κ1) is 15.1. The summed E-state index contributed by atoms with van der Waals surface area (Å²) < 4.78 is 4.93. The number of carbonyl (C=O) groups is 2. The SMILES string of the molecule is Cc1cccc(C(=O)OCC(=O)c2ccccc2Cl)c1O. The van der Waals surface area contributed by atoms with E-state index in [2.05, 4.69) is 0 Å². The van der Waals surface area contributed by atoms with Crippen LogP contribution in [0, 0.1) is 6.92 Å². The van der Waals surface area contributed by atoms with E-state index in [0.29, 0.717) is 16.1 Å². The number of carbonyl (C=O) groups excluding carboxylic acids is 2. The number of ketones is 1. The lowest BCUT2D eigenvalue weighted by molar-refractivity contribution is 0.0471. The fraction of sp³-hybridized carbons (Fsp3) is 0.125. The first-order valence-corrected chi connectivity index (χ1v) is 6.62. The van der Waals surface area contributed by atoms with Crippen molar-refractivity contribution in [1.82, 2.24) is 0 Å². The monoisotopic (exact) mass is 304 g/mol. The molecule has 2 aromatic carbocycles. The number of hydrogen-bond donors (Lipinski definition) is 1. The molecule has 0 saturated heterocycles. The Balaban J connectivity index is 2.06. The van der Waals surface area contributed by atoms with Crippen LogP contribution in [-0.2, 0) is 4.74 Å². The van der Waals surface area contributed by atoms with Crippen LogP contribution in [-0.4, -0.2) is 23.5 Å². The lowest BCUT2D eigenvalue weighted by Gasteiger charge is -2.08. The van der Waals surface area contributed by atoms with E-state index in [1.165, 1.54) is 6.07 Å². The Hall–Kier alpha value is -2.33. The lowest BCUT2D eigenvalue weighted by atomic mass is 10.1. The van der Waals surface area contributed by atoms with Gasteiger partial charge in [0.05, 0.1) is 5.02 Å². The second-order valence-corrected chi connectivity index (χ2v) is 4.86. The molecule has 1 N–H and O–H groups in total. The van der Waals surface area contributed by atoms with Crippen molar-refractivity contribution in [2.24, 2.45) is 0 Å². The van der Waals surface area contributed by atoms with Gasteiger partial charge < -0.3 is 9.84 Å². The zero-order valence-electron chi connectivity index (χ0n) is 11.3. The molecule has 0 aliphatic heterocycles. The minimum Gasteiger partial charge on any atom is -0.507 e. The Morgan fingerprint density at radius 3 is 2.48 bits per heavy atom. The summed E-state index contributed by atoms with van der Waals surface area (Å²) in [4.78, 5) is 23.8. The van der Waals surface area contributed by atoms with Gasteiger partial charge in [0.25, 0.3) is 0 Å². The second-order valence-electron chi connectivity index (χ2n) is 4.45. The first-order chi connectivity index (χ1) is 10.0. The lowest BCUT2D eigenvalue weighted by Crippen LogP contribution is -2.14. The predicted octanol–water partition coefficient (Wildman–Crippen LogP) is 3.39. The highest BCUT2D eigenvalue weighted by molar-refractivity contribution is 6.34. The molecule has 21 heavy (non-hydrogen) atoms. The molecule has 0 atom stereocenters. The van der Waals surface area contributed by atoms with Gasteiger partial charge in [-0.05, 0) is 30.7 Å². The molecule has 0 radical (unpaired) electrons. The van der Waals surface area contributed by atoms with Gasteiger partial charge in [-0.25, -0.2) is 4.79 Å². The molecule has 0 spiro atoms. The van der Waals surface area contributed by atoms with Crippen LogP contribution in [0.3, 0.4) is 0 Å². The zero-order valence-corrected chi connectivity index (χ0v) is 12.1. The number of rotatable bonds is 4. The van der Waals surface area contributed by atoms with Gasteiger partial charge in [-0.3, -0.25) is 4.79 Å².